The van der Waals surface area contributed by atoms with E-state index in [2.05, 4.69) is 23.0 Å². The normalized spacial score (nSPS) is 7.50. The van der Waals surface area contributed by atoms with Crippen molar-refractivity contribution in [3.63, 3.8) is 0 Å². The molecule has 22 heavy (non-hydrogen) atoms. The zero-order valence-electron chi connectivity index (χ0n) is 15.9. The quantitative estimate of drug-likeness (QED) is 0.674. The molecule has 2 heterocycles. The van der Waals surface area contributed by atoms with Crippen LogP contribution in [0.25, 0.3) is 0 Å². The number of aryl methyl sites for hydroxylation is 3. The van der Waals surface area contributed by atoms with Crippen molar-refractivity contribution in [2.45, 2.75) is 62.3 Å². The molecule has 126 valence electrons. The summed E-state index contributed by atoms with van der Waals surface area (Å²) < 4.78 is 0. The Morgan fingerprint density at radius 3 is 1.32 bits per heavy atom. The fourth-order valence-electron chi connectivity index (χ4n) is 1.06. The van der Waals surface area contributed by atoms with Crippen molar-refractivity contribution in [3.8, 4) is 0 Å². The van der Waals surface area contributed by atoms with E-state index in [0.717, 1.165) is 11.3 Å². The zero-order valence-corrected chi connectivity index (χ0v) is 15.9. The lowest BCUT2D eigenvalue weighted by Gasteiger charge is -1.92. The summed E-state index contributed by atoms with van der Waals surface area (Å²) in [5.41, 5.74) is 8.82. The summed E-state index contributed by atoms with van der Waals surface area (Å²) in [6.45, 7) is 18.0. The van der Waals surface area contributed by atoms with Crippen molar-refractivity contribution in [1.82, 2.24) is 9.97 Å². The summed E-state index contributed by atoms with van der Waals surface area (Å²) in [5.74, 6) is 0.618. The summed E-state index contributed by atoms with van der Waals surface area (Å²) in [5, 5.41) is 0. The first kappa shape index (κ1) is 25.1. The maximum Gasteiger partial charge on any atom is 0.126 e. The van der Waals surface area contributed by atoms with Gasteiger partial charge < -0.3 is 5.73 Å². The van der Waals surface area contributed by atoms with Crippen LogP contribution in [0.5, 0.6) is 0 Å². The molecule has 0 spiro atoms. The predicted molar refractivity (Wildman–Crippen MR) is 101 cm³/mol. The number of aromatic nitrogens is 2. The lowest BCUT2D eigenvalue weighted by molar-refractivity contribution is 1.15. The first-order chi connectivity index (χ1) is 10.6. The van der Waals surface area contributed by atoms with Crippen LogP contribution in [0.15, 0.2) is 36.7 Å². The molecule has 0 unspecified atom stereocenters. The minimum Gasteiger partial charge on any atom is -0.383 e. The Kier molecular flexibility index (Phi) is 21.8. The van der Waals surface area contributed by atoms with Gasteiger partial charge in [0.15, 0.2) is 0 Å². The molecule has 2 aromatic heterocycles. The first-order valence-electron chi connectivity index (χ1n) is 8.16. The maximum atomic E-state index is 5.41. The largest absolute Gasteiger partial charge is 0.383 e. The SMILES string of the molecule is CC.CC.CC.Cc1cccnc1C.Cc1cccnc1N. The molecule has 3 heteroatoms. The van der Waals surface area contributed by atoms with Gasteiger partial charge in [0.05, 0.1) is 0 Å². The number of hydrogen-bond acceptors (Lipinski definition) is 3. The third kappa shape index (κ3) is 13.1. The molecule has 2 rings (SSSR count). The third-order valence-electron chi connectivity index (χ3n) is 2.32. The molecule has 0 aromatic carbocycles. The van der Waals surface area contributed by atoms with Crippen LogP contribution >= 0.6 is 0 Å². The highest BCUT2D eigenvalue weighted by atomic mass is 14.8. The summed E-state index contributed by atoms with van der Waals surface area (Å²) in [4.78, 5) is 7.94. The van der Waals surface area contributed by atoms with Crippen LogP contribution in [0.3, 0.4) is 0 Å². The topological polar surface area (TPSA) is 51.8 Å². The van der Waals surface area contributed by atoms with E-state index >= 15 is 0 Å². The summed E-state index contributed by atoms with van der Waals surface area (Å²) in [6, 6.07) is 7.80. The first-order valence-corrected chi connectivity index (χ1v) is 8.16. The Labute approximate surface area is 138 Å². The molecule has 0 aliphatic carbocycles. The lowest BCUT2D eigenvalue weighted by atomic mass is 10.2. The highest BCUT2D eigenvalue weighted by molar-refractivity contribution is 5.36. The van der Waals surface area contributed by atoms with Crippen LogP contribution in [0.1, 0.15) is 58.4 Å². The van der Waals surface area contributed by atoms with E-state index in [9.17, 15) is 0 Å². The molecule has 2 aromatic rings. The molecule has 0 saturated heterocycles. The van der Waals surface area contributed by atoms with Gasteiger partial charge in [0.1, 0.15) is 5.82 Å². The van der Waals surface area contributed by atoms with Crippen LogP contribution in [0.2, 0.25) is 0 Å². The Hall–Kier alpha value is -1.90. The molecule has 0 fully saturated rings. The van der Waals surface area contributed by atoms with E-state index in [-0.39, 0.29) is 0 Å². The molecule has 0 aliphatic rings. The second-order valence-electron chi connectivity index (χ2n) is 3.61. The Balaban J connectivity index is -0.000000246. The minimum absolute atomic E-state index is 0.618. The van der Waals surface area contributed by atoms with Crippen LogP contribution < -0.4 is 5.73 Å². The molecule has 0 amide bonds. The van der Waals surface area contributed by atoms with Crippen LogP contribution in [-0.2, 0) is 0 Å². The average Bonchev–Trinajstić information content (AvgIpc) is 2.59. The van der Waals surface area contributed by atoms with Gasteiger partial charge in [0, 0.05) is 18.1 Å². The molecule has 3 nitrogen and oxygen atoms in total. The highest BCUT2D eigenvalue weighted by Crippen LogP contribution is 2.02. The number of nitrogen functional groups attached to an aromatic ring is 1. The molecule has 0 bridgehead atoms. The van der Waals surface area contributed by atoms with Gasteiger partial charge in [-0.25, -0.2) is 4.98 Å². The van der Waals surface area contributed by atoms with E-state index < -0.39 is 0 Å². The second-order valence-corrected chi connectivity index (χ2v) is 3.61. The van der Waals surface area contributed by atoms with Crippen LogP contribution in [0, 0.1) is 20.8 Å². The summed E-state index contributed by atoms with van der Waals surface area (Å²) in [7, 11) is 0. The van der Waals surface area contributed by atoms with Gasteiger partial charge in [-0.05, 0) is 44.0 Å². The molecule has 0 radical (unpaired) electrons. The fourth-order valence-corrected chi connectivity index (χ4v) is 1.06. The molecule has 0 atom stereocenters. The molecule has 0 aliphatic heterocycles. The van der Waals surface area contributed by atoms with E-state index in [1.165, 1.54) is 5.56 Å². The summed E-state index contributed by atoms with van der Waals surface area (Å²) in [6.07, 6.45) is 3.49. The molecule has 0 saturated carbocycles. The zero-order chi connectivity index (χ0) is 18.0. The van der Waals surface area contributed by atoms with Crippen LogP contribution in [0.4, 0.5) is 5.82 Å². The minimum atomic E-state index is 0.618. The van der Waals surface area contributed by atoms with E-state index in [4.69, 9.17) is 5.73 Å². The van der Waals surface area contributed by atoms with Gasteiger partial charge in [-0.3, -0.25) is 4.98 Å². The average molecular weight is 306 g/mol. The van der Waals surface area contributed by atoms with Crippen molar-refractivity contribution >= 4 is 5.82 Å². The standard InChI is InChI=1S/C7H9N.C6H8N2.3C2H6/c1-6-4-3-5-8-7(6)2;1-5-3-2-4-8-6(5)7;3*1-2/h3-5H,1-2H3;2-4H,1H3,(H2,7,8);3*1-2H3. The Bertz CT molecular complexity index is 368. The van der Waals surface area contributed by atoms with Gasteiger partial charge in [-0.2, -0.15) is 0 Å². The predicted octanol–water partition coefficient (Wildman–Crippen LogP) is 5.75. The van der Waals surface area contributed by atoms with Gasteiger partial charge in [0.2, 0.25) is 0 Å². The number of pyridine rings is 2. The van der Waals surface area contributed by atoms with Gasteiger partial charge >= 0.3 is 0 Å². The Morgan fingerprint density at radius 1 is 0.682 bits per heavy atom. The van der Waals surface area contributed by atoms with E-state index in [1.54, 1.807) is 6.20 Å². The highest BCUT2D eigenvalue weighted by Gasteiger charge is 1.86. The second kappa shape index (κ2) is 19.1. The van der Waals surface area contributed by atoms with Crippen molar-refractivity contribution < 1.29 is 0 Å². The number of nitrogens with zero attached hydrogens (tertiary/aromatic N) is 2. The van der Waals surface area contributed by atoms with Gasteiger partial charge in [-0.15, -0.1) is 0 Å². The monoisotopic (exact) mass is 305 g/mol. The molecular formula is C19H35N3. The van der Waals surface area contributed by atoms with Crippen molar-refractivity contribution in [2.75, 3.05) is 5.73 Å². The molecular weight excluding hydrogens is 270 g/mol. The van der Waals surface area contributed by atoms with Crippen molar-refractivity contribution in [1.29, 1.82) is 0 Å². The summed E-state index contributed by atoms with van der Waals surface area (Å²) >= 11 is 0. The number of hydrogen-bond donors (Lipinski definition) is 1. The van der Waals surface area contributed by atoms with E-state index in [0.29, 0.717) is 5.82 Å². The number of anilines is 1. The fraction of sp³-hybridized carbons (Fsp3) is 0.474. The maximum absolute atomic E-state index is 5.41. The van der Waals surface area contributed by atoms with Crippen LogP contribution in [-0.4, -0.2) is 9.97 Å². The van der Waals surface area contributed by atoms with E-state index in [1.807, 2.05) is 79.8 Å². The van der Waals surface area contributed by atoms with Gasteiger partial charge in [-0.1, -0.05) is 53.7 Å². The van der Waals surface area contributed by atoms with Crippen molar-refractivity contribution in [2.24, 2.45) is 0 Å². The third-order valence-corrected chi connectivity index (χ3v) is 2.32. The lowest BCUT2D eigenvalue weighted by Crippen LogP contribution is -1.90. The molecule has 2 N–H and O–H groups in total. The smallest absolute Gasteiger partial charge is 0.126 e. The van der Waals surface area contributed by atoms with Crippen molar-refractivity contribution in [3.05, 3.63) is 53.5 Å². The van der Waals surface area contributed by atoms with Gasteiger partial charge in [0.25, 0.3) is 0 Å². The Morgan fingerprint density at radius 2 is 1.09 bits per heavy atom. The number of rotatable bonds is 0. The number of nitrogens with two attached hydrogens (primary N) is 1.